The highest BCUT2D eigenvalue weighted by Gasteiger charge is 2.35. The topological polar surface area (TPSA) is 58.6 Å². The fourth-order valence-electron chi connectivity index (χ4n) is 3.41. The van der Waals surface area contributed by atoms with Crippen molar-refractivity contribution in [1.82, 2.24) is 0 Å². The van der Waals surface area contributed by atoms with E-state index in [9.17, 15) is 9.59 Å². The number of rotatable bonds is 4. The van der Waals surface area contributed by atoms with Gasteiger partial charge in [-0.2, -0.15) is 0 Å². The largest absolute Gasteiger partial charge is 0.497 e. The molecule has 4 rings (SSSR count). The minimum absolute atomic E-state index is 0.0428. The number of anilines is 2. The molecule has 0 bridgehead atoms. The fourth-order valence-corrected chi connectivity index (χ4v) is 3.41. The molecule has 27 heavy (non-hydrogen) atoms. The molecular weight excluding hydrogens is 340 g/mol. The molecule has 1 aliphatic heterocycles. The molecule has 1 saturated heterocycles. The molecule has 1 heterocycles. The van der Waals surface area contributed by atoms with Crippen LogP contribution in [-0.2, 0) is 9.59 Å². The molecule has 0 saturated carbocycles. The Hall–Kier alpha value is -3.34. The summed E-state index contributed by atoms with van der Waals surface area (Å²) in [6.45, 7) is 0.380. The van der Waals surface area contributed by atoms with Crippen molar-refractivity contribution in [2.45, 2.75) is 6.42 Å². The predicted molar refractivity (Wildman–Crippen MR) is 106 cm³/mol. The third kappa shape index (κ3) is 3.49. The van der Waals surface area contributed by atoms with Crippen molar-refractivity contribution < 1.29 is 14.3 Å². The lowest BCUT2D eigenvalue weighted by molar-refractivity contribution is -0.122. The predicted octanol–water partition coefficient (Wildman–Crippen LogP) is 3.84. The normalized spacial score (nSPS) is 16.6. The highest BCUT2D eigenvalue weighted by molar-refractivity contribution is 6.04. The van der Waals surface area contributed by atoms with Crippen LogP contribution < -0.4 is 15.0 Å². The van der Waals surface area contributed by atoms with E-state index in [1.807, 2.05) is 66.7 Å². The molecule has 2 amide bonds. The third-order valence-electron chi connectivity index (χ3n) is 4.90. The Morgan fingerprint density at radius 2 is 1.78 bits per heavy atom. The number of amides is 2. The first kappa shape index (κ1) is 17.1. The van der Waals surface area contributed by atoms with Crippen LogP contribution in [0.25, 0.3) is 10.8 Å². The van der Waals surface area contributed by atoms with E-state index in [1.54, 1.807) is 12.0 Å². The first-order valence-electron chi connectivity index (χ1n) is 8.88. The average molecular weight is 360 g/mol. The van der Waals surface area contributed by atoms with Gasteiger partial charge >= 0.3 is 0 Å². The molecule has 136 valence electrons. The molecule has 0 unspecified atom stereocenters. The van der Waals surface area contributed by atoms with Gasteiger partial charge in [0.05, 0.1) is 13.0 Å². The first-order chi connectivity index (χ1) is 13.1. The molecule has 1 aliphatic rings. The van der Waals surface area contributed by atoms with Gasteiger partial charge in [-0.05, 0) is 47.2 Å². The first-order valence-corrected chi connectivity index (χ1v) is 8.88. The number of fused-ring (bicyclic) bond motifs is 1. The number of hydrogen-bond donors (Lipinski definition) is 1. The van der Waals surface area contributed by atoms with Gasteiger partial charge in [0.15, 0.2) is 0 Å². The van der Waals surface area contributed by atoms with Gasteiger partial charge in [-0.1, -0.05) is 30.3 Å². The molecule has 1 atom stereocenters. The van der Waals surface area contributed by atoms with Gasteiger partial charge in [0, 0.05) is 24.3 Å². The summed E-state index contributed by atoms with van der Waals surface area (Å²) in [5.41, 5.74) is 1.52. The number of methoxy groups -OCH3 is 1. The lowest BCUT2D eigenvalue weighted by atomic mass is 10.1. The van der Waals surface area contributed by atoms with Crippen LogP contribution in [0.15, 0.2) is 66.7 Å². The standard InChI is InChI=1S/C22H20N2O3/c1-27-20-10-8-19(9-11-20)24-14-17(13-21(24)25)22(26)23-18-7-6-15-4-2-3-5-16(15)12-18/h2-12,17H,13-14H2,1H3,(H,23,26)/t17-/m0/s1. The summed E-state index contributed by atoms with van der Waals surface area (Å²) < 4.78 is 5.15. The zero-order valence-corrected chi connectivity index (χ0v) is 15.0. The van der Waals surface area contributed by atoms with Gasteiger partial charge in [0.2, 0.25) is 11.8 Å². The maximum absolute atomic E-state index is 12.7. The minimum Gasteiger partial charge on any atom is -0.497 e. The van der Waals surface area contributed by atoms with Crippen LogP contribution in [0.4, 0.5) is 11.4 Å². The number of nitrogens with zero attached hydrogens (tertiary/aromatic N) is 1. The van der Waals surface area contributed by atoms with E-state index >= 15 is 0 Å². The van der Waals surface area contributed by atoms with Crippen LogP contribution in [0.3, 0.4) is 0 Å². The molecule has 0 radical (unpaired) electrons. The van der Waals surface area contributed by atoms with Crippen LogP contribution in [0.5, 0.6) is 5.75 Å². The minimum atomic E-state index is -0.369. The average Bonchev–Trinajstić information content (AvgIpc) is 3.10. The number of nitrogens with one attached hydrogen (secondary N) is 1. The Kier molecular flexibility index (Phi) is 4.50. The summed E-state index contributed by atoms with van der Waals surface area (Å²) in [7, 11) is 1.60. The van der Waals surface area contributed by atoms with Crippen molar-refractivity contribution in [3.05, 3.63) is 66.7 Å². The summed E-state index contributed by atoms with van der Waals surface area (Å²) in [5.74, 6) is 0.190. The van der Waals surface area contributed by atoms with Crippen LogP contribution in [-0.4, -0.2) is 25.5 Å². The summed E-state index contributed by atoms with van der Waals surface area (Å²) in [6, 6.07) is 21.1. The highest BCUT2D eigenvalue weighted by Crippen LogP contribution is 2.28. The van der Waals surface area contributed by atoms with Crippen molar-refractivity contribution >= 4 is 34.0 Å². The lowest BCUT2D eigenvalue weighted by Gasteiger charge is -2.17. The molecule has 1 N–H and O–H groups in total. The zero-order chi connectivity index (χ0) is 18.8. The number of carbonyl (C=O) groups excluding carboxylic acids is 2. The SMILES string of the molecule is COc1ccc(N2C[C@@H](C(=O)Nc3ccc4ccccc4c3)CC2=O)cc1. The van der Waals surface area contributed by atoms with Crippen molar-refractivity contribution in [3.8, 4) is 5.75 Å². The van der Waals surface area contributed by atoms with E-state index in [2.05, 4.69) is 5.32 Å². The third-order valence-corrected chi connectivity index (χ3v) is 4.90. The molecule has 5 nitrogen and oxygen atoms in total. The second kappa shape index (κ2) is 7.11. The summed E-state index contributed by atoms with van der Waals surface area (Å²) in [6.07, 6.45) is 0.214. The summed E-state index contributed by atoms with van der Waals surface area (Å²) in [4.78, 5) is 26.7. The Morgan fingerprint density at radius 1 is 1.04 bits per heavy atom. The Labute approximate surface area is 157 Å². The smallest absolute Gasteiger partial charge is 0.229 e. The van der Waals surface area contributed by atoms with Crippen molar-refractivity contribution in [1.29, 1.82) is 0 Å². The fraction of sp³-hybridized carbons (Fsp3) is 0.182. The van der Waals surface area contributed by atoms with Gasteiger partial charge in [0.1, 0.15) is 5.75 Å². The molecule has 1 fully saturated rings. The van der Waals surface area contributed by atoms with E-state index in [-0.39, 0.29) is 24.2 Å². The van der Waals surface area contributed by atoms with Gasteiger partial charge in [-0.15, -0.1) is 0 Å². The molecule has 5 heteroatoms. The molecular formula is C22H20N2O3. The van der Waals surface area contributed by atoms with Gasteiger partial charge < -0.3 is 15.0 Å². The van der Waals surface area contributed by atoms with Crippen molar-refractivity contribution in [2.75, 3.05) is 23.9 Å². The number of hydrogen-bond acceptors (Lipinski definition) is 3. The summed E-state index contributed by atoms with van der Waals surface area (Å²) >= 11 is 0. The number of ether oxygens (including phenoxy) is 1. The van der Waals surface area contributed by atoms with Gasteiger partial charge in [0.25, 0.3) is 0 Å². The second-order valence-electron chi connectivity index (χ2n) is 6.65. The van der Waals surface area contributed by atoms with Crippen molar-refractivity contribution in [3.63, 3.8) is 0 Å². The van der Waals surface area contributed by atoms with E-state index in [0.29, 0.717) is 6.54 Å². The quantitative estimate of drug-likeness (QED) is 0.769. The number of carbonyl (C=O) groups is 2. The van der Waals surface area contributed by atoms with E-state index in [0.717, 1.165) is 27.9 Å². The van der Waals surface area contributed by atoms with Crippen LogP contribution in [0, 0.1) is 5.92 Å². The summed E-state index contributed by atoms with van der Waals surface area (Å²) in [5, 5.41) is 5.14. The second-order valence-corrected chi connectivity index (χ2v) is 6.65. The maximum Gasteiger partial charge on any atom is 0.229 e. The molecule has 3 aromatic carbocycles. The maximum atomic E-state index is 12.7. The van der Waals surface area contributed by atoms with Gasteiger partial charge in [-0.25, -0.2) is 0 Å². The van der Waals surface area contributed by atoms with Crippen LogP contribution in [0.1, 0.15) is 6.42 Å². The molecule has 0 aliphatic carbocycles. The van der Waals surface area contributed by atoms with Gasteiger partial charge in [-0.3, -0.25) is 9.59 Å². The molecule has 3 aromatic rings. The van der Waals surface area contributed by atoms with E-state index in [1.165, 1.54) is 0 Å². The highest BCUT2D eigenvalue weighted by atomic mass is 16.5. The molecule has 0 aromatic heterocycles. The van der Waals surface area contributed by atoms with E-state index in [4.69, 9.17) is 4.74 Å². The monoisotopic (exact) mass is 360 g/mol. The Bertz CT molecular complexity index is 998. The zero-order valence-electron chi connectivity index (χ0n) is 15.0. The van der Waals surface area contributed by atoms with Crippen LogP contribution >= 0.6 is 0 Å². The molecule has 0 spiro atoms. The Morgan fingerprint density at radius 3 is 2.52 bits per heavy atom. The van der Waals surface area contributed by atoms with Crippen molar-refractivity contribution in [2.24, 2.45) is 5.92 Å². The lowest BCUT2D eigenvalue weighted by Crippen LogP contribution is -2.28. The number of benzene rings is 3. The van der Waals surface area contributed by atoms with E-state index < -0.39 is 0 Å². The van der Waals surface area contributed by atoms with Crippen LogP contribution in [0.2, 0.25) is 0 Å². The Balaban J connectivity index is 1.46.